The van der Waals surface area contributed by atoms with Crippen LogP contribution in [0.3, 0.4) is 0 Å². The van der Waals surface area contributed by atoms with Gasteiger partial charge in [0.15, 0.2) is 0 Å². The number of carboxylic acids is 1. The summed E-state index contributed by atoms with van der Waals surface area (Å²) in [6, 6.07) is 13.8. The number of aromatic nitrogens is 2. The molecule has 0 radical (unpaired) electrons. The van der Waals surface area contributed by atoms with Crippen LogP contribution in [0.2, 0.25) is 0 Å². The zero-order valence-electron chi connectivity index (χ0n) is 23.7. The van der Waals surface area contributed by atoms with Crippen LogP contribution < -0.4 is 10.5 Å². The Hall–Kier alpha value is -3.50. The average Bonchev–Trinajstić information content (AvgIpc) is 3.26. The van der Waals surface area contributed by atoms with Crippen molar-refractivity contribution in [1.82, 2.24) is 14.3 Å². The van der Waals surface area contributed by atoms with E-state index in [1.165, 1.54) is 27.3 Å². The van der Waals surface area contributed by atoms with Crippen molar-refractivity contribution in [2.24, 2.45) is 0 Å². The highest BCUT2D eigenvalue weighted by Gasteiger charge is 2.33. The highest BCUT2D eigenvalue weighted by Crippen LogP contribution is 2.34. The van der Waals surface area contributed by atoms with Crippen molar-refractivity contribution >= 4 is 57.7 Å². The van der Waals surface area contributed by atoms with E-state index >= 15 is 0 Å². The van der Waals surface area contributed by atoms with E-state index in [9.17, 15) is 14.4 Å². The summed E-state index contributed by atoms with van der Waals surface area (Å²) < 4.78 is 2.05. The molecule has 8 nitrogen and oxygen atoms in total. The Kier molecular flexibility index (Phi) is 10.1. The molecule has 220 valence electrons. The number of rotatable bonds is 13. The van der Waals surface area contributed by atoms with Gasteiger partial charge < -0.3 is 10.0 Å². The van der Waals surface area contributed by atoms with E-state index in [1.54, 1.807) is 23.2 Å². The standard InChI is InChI=1S/C32H36N4O4S2/c37-28(38)16-7-5-3-1-2-4-6-11-19-36-31(40)26(42-32(36)41)21-25-29(33-27-15-10-12-18-35(27)30(25)39)34-20-17-23-13-8-9-14-24(23)22-34/h8-10,12-15,18,21H,1-7,11,16-17,19-20,22H2,(H,37,38)/b26-21+. The smallest absolute Gasteiger partial charge is 0.303 e. The van der Waals surface area contributed by atoms with E-state index in [2.05, 4.69) is 23.1 Å². The number of pyridine rings is 1. The summed E-state index contributed by atoms with van der Waals surface area (Å²) in [4.78, 5) is 46.9. The molecule has 0 unspecified atom stereocenters. The van der Waals surface area contributed by atoms with E-state index < -0.39 is 5.97 Å². The third kappa shape index (κ3) is 7.10. The normalized spacial score (nSPS) is 16.0. The predicted molar refractivity (Wildman–Crippen MR) is 172 cm³/mol. The molecule has 1 amide bonds. The van der Waals surface area contributed by atoms with Crippen molar-refractivity contribution in [1.29, 1.82) is 0 Å². The number of benzene rings is 1. The number of unbranched alkanes of at least 4 members (excludes halogenated alkanes) is 7. The molecule has 1 aromatic carbocycles. The SMILES string of the molecule is O=C(O)CCCCCCCCCCN1C(=O)/C(=C\c2c(N3CCc4ccccc4C3)nc3ccccn3c2=O)SC1=S. The third-order valence-electron chi connectivity index (χ3n) is 7.85. The molecule has 2 aromatic heterocycles. The zero-order valence-corrected chi connectivity index (χ0v) is 25.3. The fourth-order valence-electron chi connectivity index (χ4n) is 5.57. The molecule has 0 aliphatic carbocycles. The molecular weight excluding hydrogens is 569 g/mol. The summed E-state index contributed by atoms with van der Waals surface area (Å²) in [6.07, 6.45) is 12.4. The van der Waals surface area contributed by atoms with Gasteiger partial charge in [0.2, 0.25) is 0 Å². The lowest BCUT2D eigenvalue weighted by molar-refractivity contribution is -0.137. The summed E-state index contributed by atoms with van der Waals surface area (Å²) in [5, 5.41) is 8.72. The fraction of sp³-hybridized carbons (Fsp3) is 0.406. The Balaban J connectivity index is 1.26. The number of carboxylic acid groups (broad SMARTS) is 1. The van der Waals surface area contributed by atoms with Gasteiger partial charge in [0.25, 0.3) is 11.5 Å². The lowest BCUT2D eigenvalue weighted by atomic mass is 9.99. The minimum atomic E-state index is -0.726. The van der Waals surface area contributed by atoms with Crippen LogP contribution in [0.4, 0.5) is 5.82 Å². The number of anilines is 1. The molecular formula is C32H36N4O4S2. The van der Waals surface area contributed by atoms with Crippen molar-refractivity contribution in [2.45, 2.75) is 70.8 Å². The van der Waals surface area contributed by atoms with Crippen LogP contribution >= 0.6 is 24.0 Å². The van der Waals surface area contributed by atoms with Gasteiger partial charge >= 0.3 is 5.97 Å². The first-order chi connectivity index (χ1) is 20.4. The largest absolute Gasteiger partial charge is 0.481 e. The van der Waals surface area contributed by atoms with Gasteiger partial charge in [-0.2, -0.15) is 0 Å². The summed E-state index contributed by atoms with van der Waals surface area (Å²) in [5.74, 6) is -0.291. The fourth-order valence-corrected chi connectivity index (χ4v) is 6.86. The number of nitrogens with zero attached hydrogens (tertiary/aromatic N) is 4. The Morgan fingerprint density at radius 1 is 0.952 bits per heavy atom. The molecule has 0 atom stereocenters. The minimum absolute atomic E-state index is 0.157. The summed E-state index contributed by atoms with van der Waals surface area (Å²) in [7, 11) is 0. The molecule has 42 heavy (non-hydrogen) atoms. The number of fused-ring (bicyclic) bond motifs is 2. The first-order valence-corrected chi connectivity index (χ1v) is 15.9. The van der Waals surface area contributed by atoms with Crippen LogP contribution in [0.15, 0.2) is 58.4 Å². The first-order valence-electron chi connectivity index (χ1n) is 14.7. The maximum absolute atomic E-state index is 13.7. The van der Waals surface area contributed by atoms with E-state index in [-0.39, 0.29) is 17.9 Å². The molecule has 0 bridgehead atoms. The summed E-state index contributed by atoms with van der Waals surface area (Å²) in [5.41, 5.74) is 3.30. The van der Waals surface area contributed by atoms with Crippen LogP contribution in [-0.2, 0) is 22.6 Å². The molecule has 0 spiro atoms. The van der Waals surface area contributed by atoms with Crippen molar-refractivity contribution in [3.8, 4) is 0 Å². The van der Waals surface area contributed by atoms with E-state index in [0.29, 0.717) is 39.3 Å². The Labute approximate surface area is 255 Å². The van der Waals surface area contributed by atoms with Gasteiger partial charge in [-0.1, -0.05) is 92.8 Å². The Bertz CT molecular complexity index is 1570. The second-order valence-corrected chi connectivity index (χ2v) is 12.5. The highest BCUT2D eigenvalue weighted by atomic mass is 32.2. The number of carbonyl (C=O) groups excluding carboxylic acids is 1. The van der Waals surface area contributed by atoms with Crippen LogP contribution in [0.5, 0.6) is 0 Å². The molecule has 1 N–H and O–H groups in total. The van der Waals surface area contributed by atoms with Crippen LogP contribution in [0.1, 0.15) is 74.5 Å². The molecule has 1 fully saturated rings. The van der Waals surface area contributed by atoms with Gasteiger partial charge in [-0.05, 0) is 48.6 Å². The van der Waals surface area contributed by atoms with Crippen molar-refractivity contribution in [2.75, 3.05) is 18.0 Å². The zero-order chi connectivity index (χ0) is 29.5. The molecule has 5 rings (SSSR count). The molecule has 1 saturated heterocycles. The van der Waals surface area contributed by atoms with E-state index in [0.717, 1.165) is 64.3 Å². The third-order valence-corrected chi connectivity index (χ3v) is 9.23. The lowest BCUT2D eigenvalue weighted by Gasteiger charge is -2.30. The topological polar surface area (TPSA) is 95.2 Å². The van der Waals surface area contributed by atoms with Crippen LogP contribution in [-0.4, -0.2) is 48.7 Å². The molecule has 2 aliphatic rings. The summed E-state index contributed by atoms with van der Waals surface area (Å²) >= 11 is 6.83. The number of hydrogen-bond donors (Lipinski definition) is 1. The number of aliphatic carboxylic acids is 1. The predicted octanol–water partition coefficient (Wildman–Crippen LogP) is 6.05. The van der Waals surface area contributed by atoms with E-state index in [4.69, 9.17) is 22.3 Å². The van der Waals surface area contributed by atoms with Gasteiger partial charge in [-0.25, -0.2) is 4.98 Å². The number of thioether (sulfide) groups is 1. The molecule has 10 heteroatoms. The molecule has 3 aromatic rings. The number of hydrogen-bond acceptors (Lipinski definition) is 7. The van der Waals surface area contributed by atoms with Gasteiger partial charge in [0, 0.05) is 32.3 Å². The van der Waals surface area contributed by atoms with Crippen molar-refractivity contribution < 1.29 is 14.7 Å². The number of thiocarbonyl (C=S) groups is 1. The first kappa shape index (κ1) is 30.0. The van der Waals surface area contributed by atoms with Gasteiger partial charge in [-0.3, -0.25) is 23.7 Å². The second-order valence-electron chi connectivity index (χ2n) is 10.8. The van der Waals surface area contributed by atoms with Crippen LogP contribution in [0.25, 0.3) is 11.7 Å². The van der Waals surface area contributed by atoms with Crippen molar-refractivity contribution in [3.63, 3.8) is 0 Å². The maximum Gasteiger partial charge on any atom is 0.303 e. The Morgan fingerprint density at radius 2 is 1.64 bits per heavy atom. The number of carbonyl (C=O) groups is 2. The average molecular weight is 605 g/mol. The quantitative estimate of drug-likeness (QED) is 0.143. The molecule has 2 aliphatic heterocycles. The second kappa shape index (κ2) is 14.1. The monoisotopic (exact) mass is 604 g/mol. The summed E-state index contributed by atoms with van der Waals surface area (Å²) in [6.45, 7) is 1.94. The maximum atomic E-state index is 13.7. The highest BCUT2D eigenvalue weighted by molar-refractivity contribution is 8.26. The van der Waals surface area contributed by atoms with E-state index in [1.807, 2.05) is 18.2 Å². The van der Waals surface area contributed by atoms with Crippen molar-refractivity contribution in [3.05, 3.63) is 80.6 Å². The minimum Gasteiger partial charge on any atom is -0.481 e. The van der Waals surface area contributed by atoms with Gasteiger partial charge in [0.05, 0.1) is 10.5 Å². The molecule has 4 heterocycles. The van der Waals surface area contributed by atoms with Gasteiger partial charge in [-0.15, -0.1) is 0 Å². The number of amides is 1. The van der Waals surface area contributed by atoms with Crippen LogP contribution in [0, 0.1) is 0 Å². The molecule has 0 saturated carbocycles. The van der Waals surface area contributed by atoms with Gasteiger partial charge in [0.1, 0.15) is 15.8 Å². The lowest BCUT2D eigenvalue weighted by Crippen LogP contribution is -2.34. The Morgan fingerprint density at radius 3 is 2.40 bits per heavy atom.